The van der Waals surface area contributed by atoms with Crippen LogP contribution in [0.3, 0.4) is 0 Å². The second kappa shape index (κ2) is 12.2. The highest BCUT2D eigenvalue weighted by molar-refractivity contribution is 6.30. The zero-order valence-corrected chi connectivity index (χ0v) is 29.5. The molecule has 244 valence electrons. The molecule has 0 atom stereocenters. The minimum atomic E-state index is -0.0924. The number of aromatic nitrogens is 1. The van der Waals surface area contributed by atoms with Crippen LogP contribution < -0.4 is 0 Å². The molecule has 0 unspecified atom stereocenters. The van der Waals surface area contributed by atoms with Gasteiger partial charge in [-0.2, -0.15) is 0 Å². The Morgan fingerprint density at radius 2 is 1.16 bits per heavy atom. The Kier molecular flexibility index (Phi) is 7.73. The van der Waals surface area contributed by atoms with E-state index >= 15 is 0 Å². The van der Waals surface area contributed by atoms with E-state index < -0.39 is 0 Å². The largest absolute Gasteiger partial charge is 0.261 e. The second-order valence-electron chi connectivity index (χ2n) is 14.2. The number of nitrogens with zero attached hydrogens (tertiary/aromatic N) is 4. The van der Waals surface area contributed by atoms with Crippen molar-refractivity contribution in [2.24, 2.45) is 15.0 Å². The highest BCUT2D eigenvalue weighted by Gasteiger charge is 2.36. The molecule has 0 aliphatic heterocycles. The Balaban J connectivity index is 1.21. The summed E-state index contributed by atoms with van der Waals surface area (Å²) in [6.45, 7) is 13.5. The molecule has 8 rings (SSSR count). The molecule has 0 saturated carbocycles. The third-order valence-corrected chi connectivity index (χ3v) is 10.7. The van der Waals surface area contributed by atoms with Crippen molar-refractivity contribution in [1.82, 2.24) is 4.98 Å². The van der Waals surface area contributed by atoms with Gasteiger partial charge in [-0.3, -0.25) is 9.98 Å². The SMILES string of the molecule is C=N/C(=N\C(=N/Cc1ccc(-c2ccc(Cl)cc2)nc1)c1ccc2c(c1)-c1ccccc1C2(C)C)c1ccc2c(c1)-c1ccccc1C2(C)C. The summed E-state index contributed by atoms with van der Waals surface area (Å²) in [6, 6.07) is 42.2. The number of halogens is 1. The van der Waals surface area contributed by atoms with E-state index in [4.69, 9.17) is 26.6 Å². The maximum atomic E-state index is 6.10. The van der Waals surface area contributed by atoms with Crippen LogP contribution in [0.4, 0.5) is 0 Å². The monoisotopic (exact) mass is 668 g/mol. The number of hydrogen-bond acceptors (Lipinski definition) is 2. The van der Waals surface area contributed by atoms with Gasteiger partial charge in [0.05, 0.1) is 12.2 Å². The zero-order chi connectivity index (χ0) is 34.6. The number of pyridine rings is 1. The lowest BCUT2D eigenvalue weighted by atomic mass is 9.82. The van der Waals surface area contributed by atoms with Crippen molar-refractivity contribution in [3.05, 3.63) is 171 Å². The molecule has 5 heteroatoms. The molecule has 0 saturated heterocycles. The van der Waals surface area contributed by atoms with Crippen molar-refractivity contribution in [1.29, 1.82) is 0 Å². The predicted octanol–water partition coefficient (Wildman–Crippen LogP) is 11.1. The van der Waals surface area contributed by atoms with Crippen LogP contribution in [0, 0.1) is 0 Å². The Labute approximate surface area is 299 Å². The molecule has 1 heterocycles. The predicted molar refractivity (Wildman–Crippen MR) is 209 cm³/mol. The summed E-state index contributed by atoms with van der Waals surface area (Å²) in [6.07, 6.45) is 1.88. The molecular weight excluding hydrogens is 632 g/mol. The highest BCUT2D eigenvalue weighted by atomic mass is 35.5. The summed E-state index contributed by atoms with van der Waals surface area (Å²) in [5.41, 5.74) is 14.7. The summed E-state index contributed by atoms with van der Waals surface area (Å²) in [5, 5.41) is 0.702. The maximum Gasteiger partial charge on any atom is 0.161 e. The number of rotatable bonds is 5. The molecule has 50 heavy (non-hydrogen) atoms. The van der Waals surface area contributed by atoms with Crippen molar-refractivity contribution in [3.63, 3.8) is 0 Å². The number of amidine groups is 2. The molecule has 0 N–H and O–H groups in total. The average molecular weight is 669 g/mol. The minimum Gasteiger partial charge on any atom is -0.261 e. The van der Waals surface area contributed by atoms with E-state index in [1.165, 1.54) is 44.5 Å². The molecule has 0 fully saturated rings. The van der Waals surface area contributed by atoms with Crippen molar-refractivity contribution < 1.29 is 0 Å². The van der Waals surface area contributed by atoms with Gasteiger partial charge in [0, 0.05) is 38.7 Å². The second-order valence-corrected chi connectivity index (χ2v) is 14.6. The number of hydrogen-bond donors (Lipinski definition) is 0. The van der Waals surface area contributed by atoms with Crippen LogP contribution in [0.25, 0.3) is 33.5 Å². The summed E-state index contributed by atoms with van der Waals surface area (Å²) in [4.78, 5) is 19.5. The minimum absolute atomic E-state index is 0.0817. The van der Waals surface area contributed by atoms with E-state index in [0.29, 0.717) is 23.2 Å². The molecule has 1 aromatic heterocycles. The fourth-order valence-corrected chi connectivity index (χ4v) is 7.80. The Morgan fingerprint density at radius 1 is 0.620 bits per heavy atom. The van der Waals surface area contributed by atoms with E-state index in [1.54, 1.807) is 0 Å². The van der Waals surface area contributed by atoms with Crippen LogP contribution in [0.2, 0.25) is 5.02 Å². The van der Waals surface area contributed by atoms with Crippen LogP contribution in [0.5, 0.6) is 0 Å². The summed E-state index contributed by atoms with van der Waals surface area (Å²) < 4.78 is 0. The van der Waals surface area contributed by atoms with Crippen LogP contribution in [0.15, 0.2) is 143 Å². The lowest BCUT2D eigenvalue weighted by Crippen LogP contribution is -2.15. The Bertz CT molecular complexity index is 2360. The third-order valence-electron chi connectivity index (χ3n) is 10.4. The average Bonchev–Trinajstić information content (AvgIpc) is 3.51. The molecule has 2 aliphatic carbocycles. The maximum absolute atomic E-state index is 6.10. The van der Waals surface area contributed by atoms with Crippen molar-refractivity contribution in [2.45, 2.75) is 45.1 Å². The van der Waals surface area contributed by atoms with Gasteiger partial charge in [0.2, 0.25) is 0 Å². The third kappa shape index (κ3) is 5.32. The summed E-state index contributed by atoms with van der Waals surface area (Å²) >= 11 is 6.10. The number of fused-ring (bicyclic) bond motifs is 6. The molecule has 4 nitrogen and oxygen atoms in total. The fraction of sp³-hybridized carbons (Fsp3) is 0.156. The van der Waals surface area contributed by atoms with Crippen LogP contribution >= 0.6 is 11.6 Å². The standard InChI is InChI=1S/C45H37ClN4/c1-44(2)37-12-8-6-10-33(37)35-24-30(17-21-39(35)44)42(47-5)50-43(49-27-28-14-23-41(48-26-28)29-15-19-32(46)20-16-29)31-18-22-40-36(25-31)34-11-7-9-13-38(34)45(40,3)4/h6-26H,5,27H2,1-4H3/b49-43-,50-42-. The van der Waals surface area contributed by atoms with Crippen molar-refractivity contribution in [3.8, 4) is 33.5 Å². The fourth-order valence-electron chi connectivity index (χ4n) is 7.68. The summed E-state index contributed by atoms with van der Waals surface area (Å²) in [7, 11) is 0. The van der Waals surface area contributed by atoms with Gasteiger partial charge in [0.25, 0.3) is 0 Å². The van der Waals surface area contributed by atoms with Gasteiger partial charge in [0.1, 0.15) is 0 Å². The molecule has 0 amide bonds. The number of benzene rings is 5. The smallest absolute Gasteiger partial charge is 0.161 e. The zero-order valence-electron chi connectivity index (χ0n) is 28.7. The van der Waals surface area contributed by atoms with E-state index in [1.807, 2.05) is 36.5 Å². The first kappa shape index (κ1) is 31.8. The molecule has 0 bridgehead atoms. The highest BCUT2D eigenvalue weighted by Crippen LogP contribution is 2.50. The molecule has 5 aromatic carbocycles. The van der Waals surface area contributed by atoms with E-state index in [0.717, 1.165) is 27.9 Å². The lowest BCUT2D eigenvalue weighted by Gasteiger charge is -2.21. The van der Waals surface area contributed by atoms with E-state index in [-0.39, 0.29) is 10.8 Å². The van der Waals surface area contributed by atoms with Crippen molar-refractivity contribution >= 4 is 30.0 Å². The van der Waals surface area contributed by atoms with Gasteiger partial charge in [-0.15, -0.1) is 0 Å². The van der Waals surface area contributed by atoms with Crippen LogP contribution in [-0.4, -0.2) is 23.4 Å². The van der Waals surface area contributed by atoms with Crippen LogP contribution in [0.1, 0.15) is 66.6 Å². The van der Waals surface area contributed by atoms with E-state index in [9.17, 15) is 0 Å². The van der Waals surface area contributed by atoms with Gasteiger partial charge in [0.15, 0.2) is 11.7 Å². The first-order chi connectivity index (χ1) is 24.1. The van der Waals surface area contributed by atoms with Crippen LogP contribution in [-0.2, 0) is 17.4 Å². The Morgan fingerprint density at radius 3 is 1.70 bits per heavy atom. The molecule has 2 aliphatic rings. The normalized spacial score (nSPS) is 15.2. The summed E-state index contributed by atoms with van der Waals surface area (Å²) in [5.74, 6) is 1.13. The molecule has 0 spiro atoms. The van der Waals surface area contributed by atoms with E-state index in [2.05, 4.69) is 130 Å². The molecular formula is C45H37ClN4. The molecule has 6 aromatic rings. The van der Waals surface area contributed by atoms with Crippen molar-refractivity contribution in [2.75, 3.05) is 0 Å². The Hall–Kier alpha value is -5.45. The first-order valence-corrected chi connectivity index (χ1v) is 17.3. The van der Waals surface area contributed by atoms with Gasteiger partial charge < -0.3 is 0 Å². The first-order valence-electron chi connectivity index (χ1n) is 17.0. The van der Waals surface area contributed by atoms with Gasteiger partial charge in [-0.05, 0) is 87.1 Å². The van der Waals surface area contributed by atoms with Gasteiger partial charge >= 0.3 is 0 Å². The molecule has 0 radical (unpaired) electrons. The topological polar surface area (TPSA) is 50.0 Å². The van der Waals surface area contributed by atoms with Gasteiger partial charge in [-0.25, -0.2) is 9.98 Å². The quantitative estimate of drug-likeness (QED) is 0.133. The van der Waals surface area contributed by atoms with Gasteiger partial charge in [-0.1, -0.05) is 130 Å². The lowest BCUT2D eigenvalue weighted by molar-refractivity contribution is 0.660. The number of aliphatic imine (C=N–C) groups is 3.